The van der Waals surface area contributed by atoms with E-state index in [9.17, 15) is 0 Å². The van der Waals surface area contributed by atoms with Crippen LogP contribution in [0, 0.1) is 23.7 Å². The Hall–Kier alpha value is -1.34. The van der Waals surface area contributed by atoms with Crippen molar-refractivity contribution in [1.82, 2.24) is 0 Å². The molecule has 1 aromatic carbocycles. The number of ether oxygens (including phenoxy) is 6. The van der Waals surface area contributed by atoms with Crippen LogP contribution in [0.4, 0.5) is 0 Å². The van der Waals surface area contributed by atoms with Crippen molar-refractivity contribution in [2.75, 3.05) is 33.5 Å². The molecule has 6 rings (SSSR count). The molecule has 2 saturated carbocycles. The van der Waals surface area contributed by atoms with E-state index in [0.29, 0.717) is 50.1 Å². The maximum absolute atomic E-state index is 6.48. The molecule has 152 valence electrons. The van der Waals surface area contributed by atoms with E-state index in [1.54, 1.807) is 7.11 Å². The number of methoxy groups -OCH3 is 1. The van der Waals surface area contributed by atoms with E-state index in [-0.39, 0.29) is 5.92 Å². The van der Waals surface area contributed by atoms with Crippen molar-refractivity contribution in [2.45, 2.75) is 43.9 Å². The van der Waals surface area contributed by atoms with Gasteiger partial charge in [0.25, 0.3) is 0 Å². The van der Waals surface area contributed by atoms with Gasteiger partial charge in [-0.2, -0.15) is 0 Å². The van der Waals surface area contributed by atoms with E-state index < -0.39 is 11.8 Å². The standard InChI is InChI=1S/C22H28O6/c1-13-11-17-15-4-3-14(23-2)12-18(15)28-22(26-9-10-27-22)20(17)16-5-6-21(19(13)16)24-7-8-25-21/h3-4,12-13,16-17,19-20H,5-11H2,1-2H3/t13-,16?,17?,19?,20?/m1/s1. The van der Waals surface area contributed by atoms with Crippen molar-refractivity contribution in [2.24, 2.45) is 23.7 Å². The maximum atomic E-state index is 6.48. The number of hydrogen-bond donors (Lipinski definition) is 0. The van der Waals surface area contributed by atoms with Gasteiger partial charge in [0.05, 0.1) is 39.5 Å². The van der Waals surface area contributed by atoms with Crippen LogP contribution in [0.25, 0.3) is 0 Å². The van der Waals surface area contributed by atoms with Crippen molar-refractivity contribution in [3.05, 3.63) is 23.8 Å². The van der Waals surface area contributed by atoms with Gasteiger partial charge in [-0.25, -0.2) is 0 Å². The molecule has 6 heteroatoms. The Morgan fingerprint density at radius 1 is 1.00 bits per heavy atom. The first-order valence-electron chi connectivity index (χ1n) is 10.6. The van der Waals surface area contributed by atoms with Crippen molar-refractivity contribution in [3.8, 4) is 11.5 Å². The first-order valence-corrected chi connectivity index (χ1v) is 10.6. The van der Waals surface area contributed by atoms with Crippen LogP contribution in [0.3, 0.4) is 0 Å². The second-order valence-corrected chi connectivity index (χ2v) is 8.89. The summed E-state index contributed by atoms with van der Waals surface area (Å²) in [5.41, 5.74) is 1.25. The Morgan fingerprint density at radius 2 is 1.75 bits per heavy atom. The molecular weight excluding hydrogens is 360 g/mol. The molecule has 4 unspecified atom stereocenters. The van der Waals surface area contributed by atoms with Gasteiger partial charge in [-0.3, -0.25) is 0 Å². The van der Waals surface area contributed by atoms with E-state index in [1.807, 2.05) is 12.1 Å². The fraction of sp³-hybridized carbons (Fsp3) is 0.727. The van der Waals surface area contributed by atoms with Crippen LogP contribution in [0.2, 0.25) is 0 Å². The molecule has 4 fully saturated rings. The molecule has 3 aliphatic heterocycles. The SMILES string of the molecule is COc1ccc2c(c1)OC1(OCCO1)C1C2C[C@@H](C)C2C1CCC21OCCO1. The Kier molecular flexibility index (Phi) is 3.80. The summed E-state index contributed by atoms with van der Waals surface area (Å²) in [5, 5.41) is 0. The van der Waals surface area contributed by atoms with Gasteiger partial charge in [-0.15, -0.1) is 0 Å². The summed E-state index contributed by atoms with van der Waals surface area (Å²) in [4.78, 5) is 0. The third-order valence-corrected chi connectivity index (χ3v) is 7.68. The van der Waals surface area contributed by atoms with Crippen LogP contribution >= 0.6 is 0 Å². The number of hydrogen-bond acceptors (Lipinski definition) is 6. The van der Waals surface area contributed by atoms with Crippen molar-refractivity contribution >= 4 is 0 Å². The minimum absolute atomic E-state index is 0.143. The molecule has 5 aliphatic rings. The van der Waals surface area contributed by atoms with E-state index in [4.69, 9.17) is 28.4 Å². The third-order valence-electron chi connectivity index (χ3n) is 7.68. The first kappa shape index (κ1) is 17.5. The molecule has 3 heterocycles. The highest BCUT2D eigenvalue weighted by molar-refractivity contribution is 5.45. The topological polar surface area (TPSA) is 55.4 Å². The first-order chi connectivity index (χ1) is 13.7. The lowest BCUT2D eigenvalue weighted by atomic mass is 9.59. The van der Waals surface area contributed by atoms with Gasteiger partial charge in [0.2, 0.25) is 0 Å². The molecular formula is C22H28O6. The van der Waals surface area contributed by atoms with Crippen LogP contribution in [-0.2, 0) is 18.9 Å². The minimum atomic E-state index is -1.00. The number of fused-ring (bicyclic) bond motifs is 7. The Labute approximate surface area is 165 Å². The van der Waals surface area contributed by atoms with Gasteiger partial charge in [0.15, 0.2) is 5.79 Å². The Bertz CT molecular complexity index is 766. The minimum Gasteiger partial charge on any atom is -0.497 e. The summed E-state index contributed by atoms with van der Waals surface area (Å²) in [6.07, 6.45) is 3.05. The molecule has 0 aromatic heterocycles. The van der Waals surface area contributed by atoms with Crippen molar-refractivity contribution < 1.29 is 28.4 Å². The fourth-order valence-electron chi connectivity index (χ4n) is 6.85. The highest BCUT2D eigenvalue weighted by atomic mass is 16.9. The molecule has 0 N–H and O–H groups in total. The molecule has 0 radical (unpaired) electrons. The summed E-state index contributed by atoms with van der Waals surface area (Å²) in [6, 6.07) is 6.16. The lowest BCUT2D eigenvalue weighted by Crippen LogP contribution is -2.58. The lowest BCUT2D eigenvalue weighted by molar-refractivity contribution is -0.347. The molecule has 5 atom stereocenters. The highest BCUT2D eigenvalue weighted by Crippen LogP contribution is 2.65. The van der Waals surface area contributed by atoms with Crippen LogP contribution in [0.15, 0.2) is 18.2 Å². The lowest BCUT2D eigenvalue weighted by Gasteiger charge is -2.53. The van der Waals surface area contributed by atoms with Crippen LogP contribution < -0.4 is 9.47 Å². The predicted molar refractivity (Wildman–Crippen MR) is 99.1 cm³/mol. The Morgan fingerprint density at radius 3 is 2.50 bits per heavy atom. The van der Waals surface area contributed by atoms with Gasteiger partial charge >= 0.3 is 5.97 Å². The van der Waals surface area contributed by atoms with Gasteiger partial charge < -0.3 is 28.4 Å². The monoisotopic (exact) mass is 388 g/mol. The molecule has 0 bridgehead atoms. The summed E-state index contributed by atoms with van der Waals surface area (Å²) in [7, 11) is 1.68. The van der Waals surface area contributed by atoms with Gasteiger partial charge in [-0.1, -0.05) is 13.0 Å². The predicted octanol–water partition coefficient (Wildman–Crippen LogP) is 3.30. The van der Waals surface area contributed by atoms with Crippen LogP contribution in [0.5, 0.6) is 11.5 Å². The molecule has 6 nitrogen and oxygen atoms in total. The van der Waals surface area contributed by atoms with E-state index in [1.165, 1.54) is 5.56 Å². The van der Waals surface area contributed by atoms with Gasteiger partial charge in [-0.05, 0) is 42.2 Å². The van der Waals surface area contributed by atoms with Crippen molar-refractivity contribution in [3.63, 3.8) is 0 Å². The molecule has 2 spiro atoms. The second kappa shape index (κ2) is 6.08. The fourth-order valence-corrected chi connectivity index (χ4v) is 6.85. The van der Waals surface area contributed by atoms with Gasteiger partial charge in [0, 0.05) is 18.4 Å². The summed E-state index contributed by atoms with van der Waals surface area (Å²) < 4.78 is 36.7. The molecule has 2 aliphatic carbocycles. The second-order valence-electron chi connectivity index (χ2n) is 8.89. The average molecular weight is 388 g/mol. The van der Waals surface area contributed by atoms with E-state index >= 15 is 0 Å². The summed E-state index contributed by atoms with van der Waals surface area (Å²) in [5.74, 6) is 1.91. The average Bonchev–Trinajstić information content (AvgIpc) is 3.44. The molecule has 2 saturated heterocycles. The number of rotatable bonds is 1. The zero-order valence-electron chi connectivity index (χ0n) is 16.5. The van der Waals surface area contributed by atoms with E-state index in [2.05, 4.69) is 13.0 Å². The zero-order chi connectivity index (χ0) is 18.9. The molecule has 28 heavy (non-hydrogen) atoms. The maximum Gasteiger partial charge on any atom is 0.330 e. The van der Waals surface area contributed by atoms with E-state index in [0.717, 1.165) is 30.8 Å². The molecule has 0 amide bonds. The quantitative estimate of drug-likeness (QED) is 0.736. The normalized spacial score (nSPS) is 39.4. The smallest absolute Gasteiger partial charge is 0.330 e. The van der Waals surface area contributed by atoms with Crippen LogP contribution in [0.1, 0.15) is 37.7 Å². The Balaban J connectivity index is 1.46. The largest absolute Gasteiger partial charge is 0.497 e. The van der Waals surface area contributed by atoms with Gasteiger partial charge in [0.1, 0.15) is 11.5 Å². The highest BCUT2D eigenvalue weighted by Gasteiger charge is 2.67. The zero-order valence-corrected chi connectivity index (χ0v) is 16.5. The number of benzene rings is 1. The molecule has 1 aromatic rings. The summed E-state index contributed by atoms with van der Waals surface area (Å²) in [6.45, 7) is 4.87. The summed E-state index contributed by atoms with van der Waals surface area (Å²) >= 11 is 0. The third kappa shape index (κ3) is 2.23. The van der Waals surface area contributed by atoms with Crippen LogP contribution in [-0.4, -0.2) is 45.3 Å². The van der Waals surface area contributed by atoms with Crippen molar-refractivity contribution in [1.29, 1.82) is 0 Å².